The topological polar surface area (TPSA) is 116 Å². The summed E-state index contributed by atoms with van der Waals surface area (Å²) in [6.07, 6.45) is 1.51. The van der Waals surface area contributed by atoms with E-state index in [1.807, 2.05) is 20.8 Å². The lowest BCUT2D eigenvalue weighted by Crippen LogP contribution is -2.17. The standard InChI is InChI=1S/C28H30N2O7/c1-4-34-23-14-12-22(16-26(23)36-6-3)27(31)30-29-17-20-9-13-24(25(15-20)35-5-2)37-18-19-7-10-21(11-8-19)28(32)33/h7-17H,4-6,18H2,1-3H3,(H,30,31)(H,32,33)/b29-17+. The predicted molar refractivity (Wildman–Crippen MR) is 139 cm³/mol. The molecule has 0 unspecified atom stereocenters. The first-order valence-corrected chi connectivity index (χ1v) is 11.9. The second-order valence-electron chi connectivity index (χ2n) is 7.66. The Morgan fingerprint density at radius 1 is 0.757 bits per heavy atom. The van der Waals surface area contributed by atoms with Gasteiger partial charge in [-0.05, 0) is 80.4 Å². The predicted octanol–water partition coefficient (Wildman–Crippen LogP) is 4.92. The number of nitrogens with zero attached hydrogens (tertiary/aromatic N) is 1. The molecule has 9 heteroatoms. The molecular weight excluding hydrogens is 476 g/mol. The van der Waals surface area contributed by atoms with Gasteiger partial charge in [-0.3, -0.25) is 4.79 Å². The molecule has 0 fully saturated rings. The molecule has 0 aliphatic rings. The number of carbonyl (C=O) groups is 2. The number of hydrogen-bond donors (Lipinski definition) is 2. The van der Waals surface area contributed by atoms with Gasteiger partial charge in [-0.15, -0.1) is 0 Å². The summed E-state index contributed by atoms with van der Waals surface area (Å²) in [5.74, 6) is 0.757. The Morgan fingerprint density at radius 3 is 1.97 bits per heavy atom. The number of carboxylic acid groups (broad SMARTS) is 1. The van der Waals surface area contributed by atoms with Crippen molar-refractivity contribution in [1.29, 1.82) is 0 Å². The van der Waals surface area contributed by atoms with Gasteiger partial charge in [0.25, 0.3) is 5.91 Å². The molecule has 0 aliphatic heterocycles. The summed E-state index contributed by atoms with van der Waals surface area (Å²) in [5.41, 5.74) is 4.64. The fraction of sp³-hybridized carbons (Fsp3) is 0.250. The van der Waals surface area contributed by atoms with Gasteiger partial charge in [-0.2, -0.15) is 5.10 Å². The first kappa shape index (κ1) is 27.1. The molecule has 0 atom stereocenters. The number of rotatable bonds is 13. The number of carbonyl (C=O) groups excluding carboxylic acids is 1. The summed E-state index contributed by atoms with van der Waals surface area (Å²) < 4.78 is 22.7. The molecule has 0 aliphatic carbocycles. The van der Waals surface area contributed by atoms with Gasteiger partial charge in [0, 0.05) is 5.56 Å². The zero-order valence-electron chi connectivity index (χ0n) is 21.0. The van der Waals surface area contributed by atoms with Crippen LogP contribution in [0, 0.1) is 0 Å². The van der Waals surface area contributed by atoms with Crippen molar-refractivity contribution in [3.05, 3.63) is 82.9 Å². The number of nitrogens with one attached hydrogen (secondary N) is 1. The summed E-state index contributed by atoms with van der Waals surface area (Å²) in [5, 5.41) is 13.1. The Morgan fingerprint density at radius 2 is 1.32 bits per heavy atom. The average Bonchev–Trinajstić information content (AvgIpc) is 2.90. The molecule has 9 nitrogen and oxygen atoms in total. The van der Waals surface area contributed by atoms with E-state index >= 15 is 0 Å². The van der Waals surface area contributed by atoms with Crippen LogP contribution in [0.4, 0.5) is 0 Å². The monoisotopic (exact) mass is 506 g/mol. The van der Waals surface area contributed by atoms with Crippen molar-refractivity contribution in [2.75, 3.05) is 19.8 Å². The van der Waals surface area contributed by atoms with Gasteiger partial charge in [0.15, 0.2) is 23.0 Å². The van der Waals surface area contributed by atoms with Crippen molar-refractivity contribution in [2.24, 2.45) is 5.10 Å². The van der Waals surface area contributed by atoms with Gasteiger partial charge >= 0.3 is 5.97 Å². The first-order valence-electron chi connectivity index (χ1n) is 11.9. The SMILES string of the molecule is CCOc1ccc(C(=O)N/N=C/c2ccc(OCc3ccc(C(=O)O)cc3)c(OCC)c2)cc1OCC. The zero-order valence-corrected chi connectivity index (χ0v) is 21.0. The van der Waals surface area contributed by atoms with Crippen LogP contribution >= 0.6 is 0 Å². The lowest BCUT2D eigenvalue weighted by Gasteiger charge is -2.13. The van der Waals surface area contributed by atoms with E-state index in [0.29, 0.717) is 53.9 Å². The summed E-state index contributed by atoms with van der Waals surface area (Å²) in [4.78, 5) is 23.6. The zero-order chi connectivity index (χ0) is 26.6. The molecule has 3 aromatic carbocycles. The normalized spacial score (nSPS) is 10.7. The second kappa shape index (κ2) is 13.5. The Labute approximate surface area is 215 Å². The molecule has 0 bridgehead atoms. The van der Waals surface area contributed by atoms with Crippen LogP contribution in [0.3, 0.4) is 0 Å². The maximum atomic E-state index is 12.6. The smallest absolute Gasteiger partial charge is 0.335 e. The van der Waals surface area contributed by atoms with Crippen LogP contribution in [0.25, 0.3) is 0 Å². The van der Waals surface area contributed by atoms with Crippen LogP contribution in [0.2, 0.25) is 0 Å². The number of hydrazone groups is 1. The summed E-state index contributed by atoms with van der Waals surface area (Å²) >= 11 is 0. The lowest BCUT2D eigenvalue weighted by molar-refractivity contribution is 0.0696. The highest BCUT2D eigenvalue weighted by atomic mass is 16.5. The van der Waals surface area contributed by atoms with E-state index in [2.05, 4.69) is 10.5 Å². The fourth-order valence-corrected chi connectivity index (χ4v) is 3.32. The molecule has 194 valence electrons. The highest BCUT2D eigenvalue weighted by molar-refractivity contribution is 5.95. The molecule has 3 aromatic rings. The number of hydrogen-bond acceptors (Lipinski definition) is 7. The van der Waals surface area contributed by atoms with E-state index in [0.717, 1.165) is 5.56 Å². The number of amides is 1. The van der Waals surface area contributed by atoms with E-state index in [1.54, 1.807) is 48.5 Å². The largest absolute Gasteiger partial charge is 0.490 e. The third-order valence-electron chi connectivity index (χ3n) is 5.05. The van der Waals surface area contributed by atoms with E-state index in [-0.39, 0.29) is 18.1 Å². The van der Waals surface area contributed by atoms with Gasteiger partial charge in [0.1, 0.15) is 6.61 Å². The summed E-state index contributed by atoms with van der Waals surface area (Å²) in [7, 11) is 0. The van der Waals surface area contributed by atoms with Gasteiger partial charge in [-0.25, -0.2) is 10.2 Å². The average molecular weight is 507 g/mol. The first-order chi connectivity index (χ1) is 17.9. The van der Waals surface area contributed by atoms with Gasteiger partial charge in [-0.1, -0.05) is 12.1 Å². The molecule has 2 N–H and O–H groups in total. The van der Waals surface area contributed by atoms with Crippen LogP contribution in [0.5, 0.6) is 23.0 Å². The molecule has 3 rings (SSSR count). The van der Waals surface area contributed by atoms with Crippen molar-refractivity contribution in [3.63, 3.8) is 0 Å². The maximum Gasteiger partial charge on any atom is 0.335 e. The summed E-state index contributed by atoms with van der Waals surface area (Å²) in [6.45, 7) is 7.21. The molecule has 0 radical (unpaired) electrons. The van der Waals surface area contributed by atoms with Crippen molar-refractivity contribution in [1.82, 2.24) is 5.43 Å². The Balaban J connectivity index is 1.65. The van der Waals surface area contributed by atoms with E-state index in [1.165, 1.54) is 18.3 Å². The molecule has 0 spiro atoms. The van der Waals surface area contributed by atoms with Crippen LogP contribution in [-0.4, -0.2) is 43.0 Å². The minimum absolute atomic E-state index is 0.215. The van der Waals surface area contributed by atoms with Gasteiger partial charge < -0.3 is 24.1 Å². The summed E-state index contributed by atoms with van der Waals surface area (Å²) in [6, 6.07) is 16.7. The maximum absolute atomic E-state index is 12.6. The number of benzene rings is 3. The molecule has 37 heavy (non-hydrogen) atoms. The Bertz CT molecular complexity index is 1240. The fourth-order valence-electron chi connectivity index (χ4n) is 3.32. The second-order valence-corrected chi connectivity index (χ2v) is 7.66. The van der Waals surface area contributed by atoms with Crippen LogP contribution in [0.15, 0.2) is 65.8 Å². The molecule has 0 heterocycles. The minimum atomic E-state index is -0.978. The highest BCUT2D eigenvalue weighted by Crippen LogP contribution is 2.30. The number of ether oxygens (including phenoxy) is 4. The van der Waals surface area contributed by atoms with Crippen LogP contribution in [0.1, 0.15) is 52.6 Å². The molecular formula is C28H30N2O7. The van der Waals surface area contributed by atoms with E-state index in [4.69, 9.17) is 24.1 Å². The molecule has 1 amide bonds. The number of aromatic carboxylic acids is 1. The molecule has 0 saturated heterocycles. The minimum Gasteiger partial charge on any atom is -0.490 e. The van der Waals surface area contributed by atoms with Crippen molar-refractivity contribution in [2.45, 2.75) is 27.4 Å². The van der Waals surface area contributed by atoms with Crippen molar-refractivity contribution in [3.8, 4) is 23.0 Å². The van der Waals surface area contributed by atoms with E-state index < -0.39 is 5.97 Å². The molecule has 0 saturated carbocycles. The Kier molecular flexibility index (Phi) is 9.90. The Hall–Kier alpha value is -4.53. The third kappa shape index (κ3) is 7.73. The van der Waals surface area contributed by atoms with Gasteiger partial charge in [0.05, 0.1) is 31.6 Å². The lowest BCUT2D eigenvalue weighted by atomic mass is 10.1. The third-order valence-corrected chi connectivity index (χ3v) is 5.05. The van der Waals surface area contributed by atoms with Crippen molar-refractivity contribution < 1.29 is 33.6 Å². The number of carboxylic acids is 1. The van der Waals surface area contributed by atoms with Gasteiger partial charge in [0.2, 0.25) is 0 Å². The van der Waals surface area contributed by atoms with Crippen molar-refractivity contribution >= 4 is 18.1 Å². The van der Waals surface area contributed by atoms with Crippen LogP contribution in [-0.2, 0) is 6.61 Å². The van der Waals surface area contributed by atoms with Crippen LogP contribution < -0.4 is 24.4 Å². The van der Waals surface area contributed by atoms with E-state index in [9.17, 15) is 9.59 Å². The quantitative estimate of drug-likeness (QED) is 0.250. The molecule has 0 aromatic heterocycles. The highest BCUT2D eigenvalue weighted by Gasteiger charge is 2.12.